The highest BCUT2D eigenvalue weighted by molar-refractivity contribution is 5.97. The van der Waals surface area contributed by atoms with Crippen LogP contribution in [0.2, 0.25) is 0 Å². The molecular weight excluding hydrogens is 264 g/mol. The number of guanidine groups is 1. The van der Waals surface area contributed by atoms with Crippen LogP contribution in [0, 0.1) is 6.92 Å². The molecular formula is C16H18N4O. The summed E-state index contributed by atoms with van der Waals surface area (Å²) in [4.78, 5) is 10.7. The molecule has 21 heavy (non-hydrogen) atoms. The molecule has 0 spiro atoms. The number of aryl methyl sites for hydroxylation is 1. The molecule has 0 amide bonds. The van der Waals surface area contributed by atoms with E-state index < -0.39 is 0 Å². The lowest BCUT2D eigenvalue weighted by Crippen LogP contribution is -2.36. The van der Waals surface area contributed by atoms with E-state index in [0.717, 1.165) is 17.0 Å². The van der Waals surface area contributed by atoms with Crippen molar-refractivity contribution in [2.24, 2.45) is 10.7 Å². The van der Waals surface area contributed by atoms with E-state index in [2.05, 4.69) is 16.9 Å². The molecule has 2 aromatic rings. The first-order valence-electron chi connectivity index (χ1n) is 6.84. The molecule has 0 saturated carbocycles. The topological polar surface area (TPSA) is 63.7 Å². The average Bonchev–Trinajstić information content (AvgIpc) is 2.89. The average molecular weight is 282 g/mol. The van der Waals surface area contributed by atoms with Gasteiger partial charge in [0.1, 0.15) is 5.75 Å². The predicted molar refractivity (Wildman–Crippen MR) is 83.7 cm³/mol. The van der Waals surface area contributed by atoms with Gasteiger partial charge in [-0.05, 0) is 48.4 Å². The summed E-state index contributed by atoms with van der Waals surface area (Å²) in [6.45, 7) is 2.72. The van der Waals surface area contributed by atoms with Gasteiger partial charge in [0, 0.05) is 18.1 Å². The van der Waals surface area contributed by atoms with Crippen molar-refractivity contribution in [1.29, 1.82) is 0 Å². The molecule has 0 saturated heterocycles. The first-order valence-corrected chi connectivity index (χ1v) is 6.84. The molecule has 2 heterocycles. The van der Waals surface area contributed by atoms with E-state index in [4.69, 9.17) is 10.5 Å². The summed E-state index contributed by atoms with van der Waals surface area (Å²) in [5.41, 5.74) is 9.43. The molecule has 0 radical (unpaired) electrons. The van der Waals surface area contributed by atoms with Gasteiger partial charge in [-0.2, -0.15) is 0 Å². The summed E-state index contributed by atoms with van der Waals surface area (Å²) in [7, 11) is 1.66. The maximum absolute atomic E-state index is 6.08. The molecule has 1 aromatic carbocycles. The summed E-state index contributed by atoms with van der Waals surface area (Å²) in [6.07, 6.45) is 3.69. The Morgan fingerprint density at radius 3 is 2.67 bits per heavy atom. The van der Waals surface area contributed by atoms with Crippen LogP contribution in [0.5, 0.6) is 5.75 Å². The molecule has 0 fully saturated rings. The Morgan fingerprint density at radius 2 is 2.00 bits per heavy atom. The SMILES string of the molecule is COc1ccc(N2C(N)=NCC2c2cnccc2C)cc1. The summed E-state index contributed by atoms with van der Waals surface area (Å²) in [5, 5.41) is 0. The Balaban J connectivity index is 1.97. The van der Waals surface area contributed by atoms with E-state index >= 15 is 0 Å². The van der Waals surface area contributed by atoms with Gasteiger partial charge in [-0.15, -0.1) is 0 Å². The van der Waals surface area contributed by atoms with Gasteiger partial charge in [-0.3, -0.25) is 9.98 Å². The van der Waals surface area contributed by atoms with Crippen molar-refractivity contribution >= 4 is 11.6 Å². The van der Waals surface area contributed by atoms with Crippen LogP contribution in [0.1, 0.15) is 17.2 Å². The van der Waals surface area contributed by atoms with Crippen molar-refractivity contribution in [3.05, 3.63) is 53.9 Å². The largest absolute Gasteiger partial charge is 0.497 e. The van der Waals surface area contributed by atoms with Crippen molar-refractivity contribution in [1.82, 2.24) is 4.98 Å². The van der Waals surface area contributed by atoms with Crippen molar-refractivity contribution in [2.75, 3.05) is 18.6 Å². The third-order valence-electron chi connectivity index (χ3n) is 3.77. The van der Waals surface area contributed by atoms with Gasteiger partial charge in [0.05, 0.1) is 19.7 Å². The first kappa shape index (κ1) is 13.4. The van der Waals surface area contributed by atoms with Crippen LogP contribution in [-0.4, -0.2) is 24.6 Å². The molecule has 5 nitrogen and oxygen atoms in total. The van der Waals surface area contributed by atoms with Crippen molar-refractivity contribution < 1.29 is 4.74 Å². The van der Waals surface area contributed by atoms with Gasteiger partial charge in [0.15, 0.2) is 5.96 Å². The van der Waals surface area contributed by atoms with Crippen molar-refractivity contribution in [2.45, 2.75) is 13.0 Å². The van der Waals surface area contributed by atoms with E-state index in [-0.39, 0.29) is 6.04 Å². The predicted octanol–water partition coefficient (Wildman–Crippen LogP) is 2.27. The lowest BCUT2D eigenvalue weighted by Gasteiger charge is -2.27. The van der Waals surface area contributed by atoms with Gasteiger partial charge >= 0.3 is 0 Å². The lowest BCUT2D eigenvalue weighted by molar-refractivity contribution is 0.415. The maximum Gasteiger partial charge on any atom is 0.196 e. The highest BCUT2D eigenvalue weighted by atomic mass is 16.5. The molecule has 2 N–H and O–H groups in total. The summed E-state index contributed by atoms with van der Waals surface area (Å²) >= 11 is 0. The molecule has 5 heteroatoms. The Bertz CT molecular complexity index is 666. The Morgan fingerprint density at radius 1 is 1.24 bits per heavy atom. The number of benzene rings is 1. The fourth-order valence-electron chi connectivity index (χ4n) is 2.62. The number of nitrogens with two attached hydrogens (primary N) is 1. The maximum atomic E-state index is 6.08. The highest BCUT2D eigenvalue weighted by Crippen LogP contribution is 2.32. The number of aliphatic imine (C=N–C) groups is 1. The van der Waals surface area contributed by atoms with Gasteiger partial charge < -0.3 is 15.4 Å². The van der Waals surface area contributed by atoms with Crippen molar-refractivity contribution in [3.8, 4) is 5.75 Å². The fraction of sp³-hybridized carbons (Fsp3) is 0.250. The van der Waals surface area contributed by atoms with Crippen LogP contribution in [0.3, 0.4) is 0 Å². The van der Waals surface area contributed by atoms with Crippen LogP contribution in [0.25, 0.3) is 0 Å². The van der Waals surface area contributed by atoms with Gasteiger partial charge in [-0.1, -0.05) is 0 Å². The number of rotatable bonds is 3. The second-order valence-corrected chi connectivity index (χ2v) is 5.01. The molecule has 108 valence electrons. The second kappa shape index (κ2) is 5.44. The summed E-state index contributed by atoms with van der Waals surface area (Å²) in [5.74, 6) is 1.36. The molecule has 1 aliphatic heterocycles. The number of nitrogens with zero attached hydrogens (tertiary/aromatic N) is 3. The molecule has 1 aromatic heterocycles. The zero-order valence-electron chi connectivity index (χ0n) is 12.2. The zero-order chi connectivity index (χ0) is 14.8. The minimum atomic E-state index is 0.0899. The summed E-state index contributed by atoms with van der Waals surface area (Å²) in [6, 6.07) is 9.93. The van der Waals surface area contributed by atoms with Gasteiger partial charge in [-0.25, -0.2) is 0 Å². The van der Waals surface area contributed by atoms with E-state index in [0.29, 0.717) is 12.5 Å². The van der Waals surface area contributed by atoms with Crippen LogP contribution in [-0.2, 0) is 0 Å². The van der Waals surface area contributed by atoms with Gasteiger partial charge in [0.25, 0.3) is 0 Å². The number of hydrogen-bond acceptors (Lipinski definition) is 5. The van der Waals surface area contributed by atoms with Crippen molar-refractivity contribution in [3.63, 3.8) is 0 Å². The Kier molecular flexibility index (Phi) is 3.48. The molecule has 1 aliphatic rings. The van der Waals surface area contributed by atoms with Crippen LogP contribution >= 0.6 is 0 Å². The second-order valence-electron chi connectivity index (χ2n) is 5.01. The monoisotopic (exact) mass is 282 g/mol. The number of ether oxygens (including phenoxy) is 1. The number of anilines is 1. The van der Waals surface area contributed by atoms with Crippen LogP contribution < -0.4 is 15.4 Å². The fourth-order valence-corrected chi connectivity index (χ4v) is 2.62. The van der Waals surface area contributed by atoms with Crippen LogP contribution in [0.15, 0.2) is 47.7 Å². The normalized spacial score (nSPS) is 17.7. The minimum Gasteiger partial charge on any atom is -0.497 e. The quantitative estimate of drug-likeness (QED) is 0.938. The number of hydrogen-bond donors (Lipinski definition) is 1. The molecule has 1 unspecified atom stereocenters. The van der Waals surface area contributed by atoms with Gasteiger partial charge in [0.2, 0.25) is 0 Å². The standard InChI is InChI=1S/C16H18N4O/c1-11-7-8-18-9-14(11)15-10-19-16(17)20(15)12-3-5-13(21-2)6-4-12/h3-9,15H,10H2,1-2H3,(H2,17,19). The molecule has 0 bridgehead atoms. The lowest BCUT2D eigenvalue weighted by atomic mass is 10.0. The highest BCUT2D eigenvalue weighted by Gasteiger charge is 2.29. The zero-order valence-corrected chi connectivity index (χ0v) is 12.2. The number of methoxy groups -OCH3 is 1. The van der Waals surface area contributed by atoms with E-state index in [1.54, 1.807) is 13.3 Å². The minimum absolute atomic E-state index is 0.0899. The van der Waals surface area contributed by atoms with E-state index in [1.807, 2.05) is 41.4 Å². The Labute approximate surface area is 124 Å². The molecule has 3 rings (SSSR count). The summed E-state index contributed by atoms with van der Waals surface area (Å²) < 4.78 is 5.20. The third kappa shape index (κ3) is 2.42. The first-order chi connectivity index (χ1) is 10.2. The molecule has 1 atom stereocenters. The van der Waals surface area contributed by atoms with E-state index in [1.165, 1.54) is 5.56 Å². The van der Waals surface area contributed by atoms with Crippen LogP contribution in [0.4, 0.5) is 5.69 Å². The smallest absolute Gasteiger partial charge is 0.196 e. The third-order valence-corrected chi connectivity index (χ3v) is 3.77. The number of aromatic nitrogens is 1. The van der Waals surface area contributed by atoms with E-state index in [9.17, 15) is 0 Å². The number of pyridine rings is 1. The Hall–Kier alpha value is -2.56. The molecule has 0 aliphatic carbocycles.